The predicted octanol–water partition coefficient (Wildman–Crippen LogP) is 2.87. The molecule has 0 spiro atoms. The predicted molar refractivity (Wildman–Crippen MR) is 72.1 cm³/mol. The summed E-state index contributed by atoms with van der Waals surface area (Å²) in [5.41, 5.74) is 3.58. The molecule has 19 heavy (non-hydrogen) atoms. The van der Waals surface area contributed by atoms with Crippen LogP contribution >= 0.6 is 15.9 Å². The first-order valence-corrected chi connectivity index (χ1v) is 6.41. The summed E-state index contributed by atoms with van der Waals surface area (Å²) in [7, 11) is 0. The Balaban J connectivity index is 2.27. The number of aromatic nitrogens is 1. The Bertz CT molecular complexity index is 578. The summed E-state index contributed by atoms with van der Waals surface area (Å²) in [5, 5.41) is 0. The molecule has 0 aliphatic heterocycles. The van der Waals surface area contributed by atoms with Gasteiger partial charge >= 0.3 is 0 Å². The monoisotopic (exact) mass is 327 g/mol. The van der Waals surface area contributed by atoms with Gasteiger partial charge in [-0.25, -0.2) is 8.78 Å². The van der Waals surface area contributed by atoms with Crippen LogP contribution < -0.4 is 11.3 Å². The summed E-state index contributed by atoms with van der Waals surface area (Å²) in [6.07, 6.45) is 1.90. The smallest absolute Gasteiger partial charge is 0.146 e. The average molecular weight is 328 g/mol. The van der Waals surface area contributed by atoms with E-state index in [1.165, 1.54) is 30.5 Å². The Morgan fingerprint density at radius 1 is 1.32 bits per heavy atom. The molecule has 0 amide bonds. The molecule has 0 bridgehead atoms. The molecule has 100 valence electrons. The lowest BCUT2D eigenvalue weighted by molar-refractivity contribution is 0.494. The van der Waals surface area contributed by atoms with Gasteiger partial charge in [-0.1, -0.05) is 22.0 Å². The van der Waals surface area contributed by atoms with Gasteiger partial charge in [-0.2, -0.15) is 0 Å². The summed E-state index contributed by atoms with van der Waals surface area (Å²) in [6.45, 7) is 0. The highest BCUT2D eigenvalue weighted by Crippen LogP contribution is 2.24. The number of nitrogens with one attached hydrogen (secondary N) is 1. The molecular weight excluding hydrogens is 316 g/mol. The minimum Gasteiger partial charge on any atom is -0.271 e. The molecule has 2 rings (SSSR count). The molecule has 1 aromatic carbocycles. The van der Waals surface area contributed by atoms with Gasteiger partial charge in [0.25, 0.3) is 0 Å². The van der Waals surface area contributed by atoms with Crippen molar-refractivity contribution in [2.24, 2.45) is 5.84 Å². The molecular formula is C13H12BrF2N3. The van der Waals surface area contributed by atoms with Crippen LogP contribution in [0.25, 0.3) is 0 Å². The van der Waals surface area contributed by atoms with Gasteiger partial charge in [0.1, 0.15) is 11.6 Å². The van der Waals surface area contributed by atoms with Crippen LogP contribution in [-0.2, 0) is 6.42 Å². The SMILES string of the molecule is NNC(Cc1ccc(F)cc1Br)c1ncccc1F. The number of nitrogens with two attached hydrogens (primary N) is 1. The molecule has 0 aliphatic rings. The number of hydrogen-bond donors (Lipinski definition) is 2. The zero-order chi connectivity index (χ0) is 13.8. The highest BCUT2D eigenvalue weighted by Gasteiger charge is 2.17. The molecule has 2 aromatic rings. The number of hydrazine groups is 1. The summed E-state index contributed by atoms with van der Waals surface area (Å²) < 4.78 is 27.3. The number of pyridine rings is 1. The highest BCUT2D eigenvalue weighted by molar-refractivity contribution is 9.10. The van der Waals surface area contributed by atoms with Gasteiger partial charge in [-0.15, -0.1) is 0 Å². The van der Waals surface area contributed by atoms with Crippen LogP contribution in [0.15, 0.2) is 41.0 Å². The topological polar surface area (TPSA) is 50.9 Å². The molecule has 6 heteroatoms. The second-order valence-electron chi connectivity index (χ2n) is 4.03. The summed E-state index contributed by atoms with van der Waals surface area (Å²) >= 11 is 3.27. The van der Waals surface area contributed by atoms with Crippen molar-refractivity contribution in [1.29, 1.82) is 0 Å². The maximum absolute atomic E-state index is 13.7. The zero-order valence-corrected chi connectivity index (χ0v) is 11.5. The van der Waals surface area contributed by atoms with Crippen molar-refractivity contribution in [3.05, 3.63) is 63.9 Å². The Morgan fingerprint density at radius 2 is 2.11 bits per heavy atom. The van der Waals surface area contributed by atoms with Crippen LogP contribution in [0.1, 0.15) is 17.3 Å². The third-order valence-electron chi connectivity index (χ3n) is 2.76. The van der Waals surface area contributed by atoms with Crippen molar-refractivity contribution in [2.45, 2.75) is 12.5 Å². The Labute approximate surface area is 117 Å². The minimum atomic E-state index is -0.483. The van der Waals surface area contributed by atoms with Crippen LogP contribution in [-0.4, -0.2) is 4.98 Å². The van der Waals surface area contributed by atoms with Crippen molar-refractivity contribution < 1.29 is 8.78 Å². The number of halogens is 3. The van der Waals surface area contributed by atoms with E-state index < -0.39 is 11.9 Å². The van der Waals surface area contributed by atoms with E-state index in [0.717, 1.165) is 5.56 Å². The maximum atomic E-state index is 13.7. The Kier molecular flexibility index (Phi) is 4.57. The molecule has 3 N–H and O–H groups in total. The van der Waals surface area contributed by atoms with Gasteiger partial charge in [0, 0.05) is 10.7 Å². The fourth-order valence-corrected chi connectivity index (χ4v) is 2.31. The van der Waals surface area contributed by atoms with Crippen LogP contribution in [0, 0.1) is 11.6 Å². The fourth-order valence-electron chi connectivity index (χ4n) is 1.80. The first-order valence-electron chi connectivity index (χ1n) is 5.62. The number of benzene rings is 1. The van der Waals surface area contributed by atoms with E-state index in [-0.39, 0.29) is 11.5 Å². The summed E-state index contributed by atoms with van der Waals surface area (Å²) in [5.74, 6) is 4.69. The van der Waals surface area contributed by atoms with Gasteiger partial charge in [-0.05, 0) is 36.2 Å². The molecule has 0 radical (unpaired) electrons. The molecule has 0 fully saturated rings. The third-order valence-corrected chi connectivity index (χ3v) is 3.50. The molecule has 1 heterocycles. The van der Waals surface area contributed by atoms with Crippen LogP contribution in [0.3, 0.4) is 0 Å². The normalized spacial score (nSPS) is 12.4. The first-order chi connectivity index (χ1) is 9.11. The van der Waals surface area contributed by atoms with Gasteiger partial charge < -0.3 is 0 Å². The van der Waals surface area contributed by atoms with Crippen molar-refractivity contribution in [3.8, 4) is 0 Å². The molecule has 0 saturated heterocycles. The Hall–Kier alpha value is -1.37. The standard InChI is InChI=1S/C13H12BrF2N3/c14-10-7-9(15)4-3-8(10)6-12(19-17)13-11(16)2-1-5-18-13/h1-5,7,12,19H,6,17H2. The van der Waals surface area contributed by atoms with E-state index in [1.54, 1.807) is 6.07 Å². The molecule has 3 nitrogen and oxygen atoms in total. The molecule has 1 aromatic heterocycles. The van der Waals surface area contributed by atoms with Crippen LogP contribution in [0.4, 0.5) is 8.78 Å². The van der Waals surface area contributed by atoms with Crippen molar-refractivity contribution in [1.82, 2.24) is 10.4 Å². The van der Waals surface area contributed by atoms with E-state index in [0.29, 0.717) is 10.9 Å². The largest absolute Gasteiger partial charge is 0.271 e. The van der Waals surface area contributed by atoms with Gasteiger partial charge in [0.2, 0.25) is 0 Å². The van der Waals surface area contributed by atoms with E-state index in [2.05, 4.69) is 26.3 Å². The quantitative estimate of drug-likeness (QED) is 0.670. The van der Waals surface area contributed by atoms with Crippen molar-refractivity contribution in [3.63, 3.8) is 0 Å². The zero-order valence-electron chi connectivity index (χ0n) is 9.91. The van der Waals surface area contributed by atoms with Crippen LogP contribution in [0.2, 0.25) is 0 Å². The number of rotatable bonds is 4. The Morgan fingerprint density at radius 3 is 2.74 bits per heavy atom. The van der Waals surface area contributed by atoms with E-state index in [1.807, 2.05) is 0 Å². The van der Waals surface area contributed by atoms with Gasteiger partial charge in [0.05, 0.1) is 11.7 Å². The lowest BCUT2D eigenvalue weighted by atomic mass is 10.0. The average Bonchev–Trinajstić information content (AvgIpc) is 2.39. The lowest BCUT2D eigenvalue weighted by Crippen LogP contribution is -2.31. The fraction of sp³-hybridized carbons (Fsp3) is 0.154. The first kappa shape index (κ1) is 14.0. The van der Waals surface area contributed by atoms with E-state index in [4.69, 9.17) is 5.84 Å². The van der Waals surface area contributed by atoms with Crippen LogP contribution in [0.5, 0.6) is 0 Å². The van der Waals surface area contributed by atoms with Gasteiger partial charge in [-0.3, -0.25) is 16.3 Å². The van der Waals surface area contributed by atoms with Gasteiger partial charge in [0.15, 0.2) is 0 Å². The second-order valence-corrected chi connectivity index (χ2v) is 4.88. The van der Waals surface area contributed by atoms with E-state index in [9.17, 15) is 8.78 Å². The highest BCUT2D eigenvalue weighted by atomic mass is 79.9. The summed E-state index contributed by atoms with van der Waals surface area (Å²) in [6, 6.07) is 6.69. The maximum Gasteiger partial charge on any atom is 0.146 e. The molecule has 0 aliphatic carbocycles. The minimum absolute atomic E-state index is 0.237. The third kappa shape index (κ3) is 3.34. The molecule has 1 unspecified atom stereocenters. The van der Waals surface area contributed by atoms with Crippen molar-refractivity contribution in [2.75, 3.05) is 0 Å². The second kappa shape index (κ2) is 6.18. The number of hydrogen-bond acceptors (Lipinski definition) is 3. The molecule has 0 saturated carbocycles. The number of nitrogens with zero attached hydrogens (tertiary/aromatic N) is 1. The van der Waals surface area contributed by atoms with E-state index >= 15 is 0 Å². The molecule has 1 atom stereocenters. The van der Waals surface area contributed by atoms with Crippen molar-refractivity contribution >= 4 is 15.9 Å². The summed E-state index contributed by atoms with van der Waals surface area (Å²) in [4.78, 5) is 3.99. The lowest BCUT2D eigenvalue weighted by Gasteiger charge is -2.16.